The molecule has 2 aliphatic heterocycles. The van der Waals surface area contributed by atoms with Crippen LogP contribution in [0.15, 0.2) is 54.4 Å². The van der Waals surface area contributed by atoms with Crippen LogP contribution in [-0.2, 0) is 22.5 Å². The third-order valence-corrected chi connectivity index (χ3v) is 10.0. The Morgan fingerprint density at radius 3 is 2.63 bits per heavy atom. The first-order valence-corrected chi connectivity index (χ1v) is 17.7. The first-order chi connectivity index (χ1) is 23.4. The van der Waals surface area contributed by atoms with Crippen LogP contribution in [0.4, 0.5) is 20.0 Å². The molecule has 0 radical (unpaired) electrons. The van der Waals surface area contributed by atoms with Crippen molar-refractivity contribution in [1.29, 1.82) is 0 Å². The van der Waals surface area contributed by atoms with Crippen molar-refractivity contribution in [2.45, 2.75) is 58.0 Å². The molecule has 0 aliphatic carbocycles. The zero-order valence-electron chi connectivity index (χ0n) is 27.2. The molecule has 11 nitrogen and oxygen atoms in total. The van der Waals surface area contributed by atoms with Gasteiger partial charge in [0.1, 0.15) is 17.3 Å². The van der Waals surface area contributed by atoms with E-state index in [4.69, 9.17) is 33.0 Å². The third kappa shape index (κ3) is 6.84. The van der Waals surface area contributed by atoms with Crippen molar-refractivity contribution in [3.05, 3.63) is 75.9 Å². The maximum atomic E-state index is 14.4. The number of carbonyl (C=O) groups is 2. The number of hydrogen-bond donors (Lipinski definition) is 1. The van der Waals surface area contributed by atoms with Crippen LogP contribution < -0.4 is 10.2 Å². The minimum atomic E-state index is -1.06. The van der Waals surface area contributed by atoms with E-state index >= 15 is 0 Å². The van der Waals surface area contributed by atoms with E-state index in [1.807, 2.05) is 45.0 Å². The SMILES string of the molecule is CC(C)(C)OC(=O)N1CCCN(c2ccc(-c3cc(Cl)c4cn(C(C(=O)Nc5nccs5)c5ncn6c5C[C@@H](F)C6)nc4c3Cl)cc2)CC1. The first kappa shape index (κ1) is 33.3. The number of thiazole rings is 1. The minimum absolute atomic E-state index is 0.151. The summed E-state index contributed by atoms with van der Waals surface area (Å²) in [5, 5.41) is 11.2. The predicted molar refractivity (Wildman–Crippen MR) is 190 cm³/mol. The lowest BCUT2D eigenvalue weighted by Crippen LogP contribution is -2.39. The van der Waals surface area contributed by atoms with Crippen molar-refractivity contribution in [2.24, 2.45) is 0 Å². The summed E-state index contributed by atoms with van der Waals surface area (Å²) in [5.41, 5.74) is 3.50. The van der Waals surface area contributed by atoms with E-state index in [1.54, 1.807) is 39.6 Å². The number of alkyl halides is 1. The molecule has 7 rings (SSSR count). The van der Waals surface area contributed by atoms with Crippen molar-refractivity contribution in [3.8, 4) is 11.1 Å². The van der Waals surface area contributed by atoms with Crippen LogP contribution in [-0.4, -0.2) is 79.2 Å². The smallest absolute Gasteiger partial charge is 0.410 e. The second kappa shape index (κ2) is 13.3. The molecule has 2 aromatic carbocycles. The number of anilines is 2. The normalized spacial score (nSPS) is 17.2. The van der Waals surface area contributed by atoms with Crippen molar-refractivity contribution in [2.75, 3.05) is 36.4 Å². The molecule has 2 atom stereocenters. The van der Waals surface area contributed by atoms with Crippen molar-refractivity contribution < 1.29 is 18.7 Å². The van der Waals surface area contributed by atoms with Gasteiger partial charge in [-0.2, -0.15) is 5.10 Å². The van der Waals surface area contributed by atoms with Gasteiger partial charge in [-0.05, 0) is 51.0 Å². The zero-order valence-corrected chi connectivity index (χ0v) is 29.5. The van der Waals surface area contributed by atoms with Gasteiger partial charge in [0, 0.05) is 72.7 Å². The van der Waals surface area contributed by atoms with Gasteiger partial charge in [0.15, 0.2) is 11.2 Å². The quantitative estimate of drug-likeness (QED) is 0.197. The number of aromatic nitrogens is 5. The Labute approximate surface area is 296 Å². The van der Waals surface area contributed by atoms with Gasteiger partial charge in [0.05, 0.1) is 28.6 Å². The highest BCUT2D eigenvalue weighted by atomic mass is 35.5. The van der Waals surface area contributed by atoms with Crippen molar-refractivity contribution >= 4 is 68.3 Å². The fourth-order valence-electron chi connectivity index (χ4n) is 6.35. The summed E-state index contributed by atoms with van der Waals surface area (Å²) in [5.74, 6) is -0.419. The van der Waals surface area contributed by atoms with Gasteiger partial charge in [-0.1, -0.05) is 35.3 Å². The number of rotatable bonds is 6. The van der Waals surface area contributed by atoms with Gasteiger partial charge >= 0.3 is 6.09 Å². The second-order valence-electron chi connectivity index (χ2n) is 13.2. The molecule has 2 aliphatic rings. The largest absolute Gasteiger partial charge is 0.444 e. The van der Waals surface area contributed by atoms with E-state index in [0.29, 0.717) is 62.7 Å². The first-order valence-electron chi connectivity index (χ1n) is 16.0. The van der Waals surface area contributed by atoms with E-state index < -0.39 is 23.7 Å². The maximum Gasteiger partial charge on any atom is 0.410 e. The number of benzene rings is 2. The lowest BCUT2D eigenvalue weighted by atomic mass is 10.0. The number of carbonyl (C=O) groups excluding carboxylic acids is 2. The van der Waals surface area contributed by atoms with Gasteiger partial charge < -0.3 is 19.1 Å². The van der Waals surface area contributed by atoms with Gasteiger partial charge in [0.25, 0.3) is 5.91 Å². The molecule has 1 N–H and O–H groups in total. The van der Waals surface area contributed by atoms with Crippen LogP contribution >= 0.6 is 34.5 Å². The molecule has 1 saturated heterocycles. The molecule has 5 heterocycles. The molecule has 256 valence electrons. The molecule has 0 spiro atoms. The maximum absolute atomic E-state index is 14.4. The number of fused-ring (bicyclic) bond motifs is 2. The number of imidazole rings is 1. The highest BCUT2D eigenvalue weighted by Gasteiger charge is 2.35. The Morgan fingerprint density at radius 2 is 1.90 bits per heavy atom. The number of halogens is 3. The van der Waals surface area contributed by atoms with Crippen LogP contribution in [0.5, 0.6) is 0 Å². The zero-order chi connectivity index (χ0) is 34.4. The molecule has 2 amide bonds. The summed E-state index contributed by atoms with van der Waals surface area (Å²) in [6, 6.07) is 8.80. The minimum Gasteiger partial charge on any atom is -0.444 e. The summed E-state index contributed by atoms with van der Waals surface area (Å²) in [4.78, 5) is 39.1. The van der Waals surface area contributed by atoms with Crippen molar-refractivity contribution in [1.82, 2.24) is 29.2 Å². The number of nitrogens with one attached hydrogen (secondary N) is 1. The molecule has 49 heavy (non-hydrogen) atoms. The molecular formula is C34H35Cl2FN8O3S. The van der Waals surface area contributed by atoms with Crippen molar-refractivity contribution in [3.63, 3.8) is 0 Å². The fourth-order valence-corrected chi connectivity index (χ4v) is 7.43. The van der Waals surface area contributed by atoms with Gasteiger partial charge in [-0.3, -0.25) is 14.8 Å². The summed E-state index contributed by atoms with van der Waals surface area (Å²) in [6.07, 6.45) is 4.46. The Kier molecular flexibility index (Phi) is 9.01. The monoisotopic (exact) mass is 724 g/mol. The van der Waals surface area contributed by atoms with Crippen LogP contribution in [0.3, 0.4) is 0 Å². The standard InChI is InChI=1S/C34H35Cl2FN8O3S/c1-34(2,3)48-33(47)43-11-4-10-42(12-13-43)22-7-5-20(6-8-22)23-16-25(35)24-18-45(41-28(24)27(23)36)30(31(46)40-32-38-9-14-49-32)29-26-15-21(37)17-44(26)19-39-29/h5-9,14,16,18-19,21,30H,4,10-13,15,17H2,1-3H3,(H,38,40,46)/t21-,30?/m1/s1. The Hall–Kier alpha value is -4.20. The average molecular weight is 726 g/mol. The molecule has 1 fully saturated rings. The number of nitrogens with zero attached hydrogens (tertiary/aromatic N) is 7. The highest BCUT2D eigenvalue weighted by Crippen LogP contribution is 2.40. The van der Waals surface area contributed by atoms with Crippen LogP contribution in [0.25, 0.3) is 22.0 Å². The molecule has 3 aromatic heterocycles. The Balaban J connectivity index is 1.16. The summed E-state index contributed by atoms with van der Waals surface area (Å²) >= 11 is 15.2. The predicted octanol–water partition coefficient (Wildman–Crippen LogP) is 7.23. The van der Waals surface area contributed by atoms with E-state index in [2.05, 4.69) is 20.2 Å². The molecule has 0 bridgehead atoms. The van der Waals surface area contributed by atoms with E-state index in [0.717, 1.165) is 24.2 Å². The third-order valence-electron chi connectivity index (χ3n) is 8.62. The summed E-state index contributed by atoms with van der Waals surface area (Å²) in [6.45, 7) is 8.48. The average Bonchev–Trinajstić information content (AvgIpc) is 3.83. The summed E-state index contributed by atoms with van der Waals surface area (Å²) < 4.78 is 23.2. The second-order valence-corrected chi connectivity index (χ2v) is 14.9. The van der Waals surface area contributed by atoms with Gasteiger partial charge in [0.2, 0.25) is 0 Å². The lowest BCUT2D eigenvalue weighted by Gasteiger charge is -2.27. The van der Waals surface area contributed by atoms with Crippen LogP contribution in [0.1, 0.15) is 44.6 Å². The number of amides is 2. The van der Waals surface area contributed by atoms with E-state index in [-0.39, 0.29) is 19.1 Å². The van der Waals surface area contributed by atoms with E-state index in [1.165, 1.54) is 16.0 Å². The highest BCUT2D eigenvalue weighted by molar-refractivity contribution is 7.13. The van der Waals surface area contributed by atoms with E-state index in [9.17, 15) is 14.0 Å². The summed E-state index contributed by atoms with van der Waals surface area (Å²) in [7, 11) is 0. The Bertz CT molecular complexity index is 2010. The van der Waals surface area contributed by atoms with Gasteiger partial charge in [-0.25, -0.2) is 19.2 Å². The van der Waals surface area contributed by atoms with Crippen LogP contribution in [0, 0.1) is 0 Å². The lowest BCUT2D eigenvalue weighted by molar-refractivity contribution is -0.118. The number of hydrogen-bond acceptors (Lipinski definition) is 8. The molecule has 0 saturated carbocycles. The number of ether oxygens (including phenoxy) is 1. The molecule has 15 heteroatoms. The topological polar surface area (TPSA) is 110 Å². The van der Waals surface area contributed by atoms with Crippen LogP contribution in [0.2, 0.25) is 10.0 Å². The molecular weight excluding hydrogens is 690 g/mol. The molecule has 1 unspecified atom stereocenters. The van der Waals surface area contributed by atoms with Gasteiger partial charge in [-0.15, -0.1) is 11.3 Å². The Morgan fingerprint density at radius 1 is 1.10 bits per heavy atom. The fraction of sp³-hybridized carbons (Fsp3) is 0.382. The molecule has 5 aromatic rings.